The molecule has 5 atom stereocenters. The van der Waals surface area contributed by atoms with Gasteiger partial charge in [-0.2, -0.15) is 0 Å². The van der Waals surface area contributed by atoms with Gasteiger partial charge in [-0.3, -0.25) is 24.0 Å². The molecule has 2 aliphatic rings. The van der Waals surface area contributed by atoms with Crippen LogP contribution in [0.1, 0.15) is 44.4 Å². The summed E-state index contributed by atoms with van der Waals surface area (Å²) in [5.74, 6) is -3.09. The Balaban J connectivity index is 1.71. The number of esters is 3. The van der Waals surface area contributed by atoms with Crippen molar-refractivity contribution in [1.82, 2.24) is 5.32 Å². The lowest BCUT2D eigenvalue weighted by Crippen LogP contribution is -2.66. The van der Waals surface area contributed by atoms with Crippen molar-refractivity contribution >= 4 is 41.1 Å². The number of carbonyl (C=O) groups excluding carboxylic acids is 5. The maximum atomic E-state index is 13.7. The summed E-state index contributed by atoms with van der Waals surface area (Å²) in [7, 11) is 0. The number of hydrogen-bond donors (Lipinski definition) is 1. The van der Waals surface area contributed by atoms with Crippen LogP contribution < -0.4 is 10.2 Å². The number of fused-ring (bicyclic) bond motifs is 1. The number of carbonyl (C=O) groups is 5. The third kappa shape index (κ3) is 7.55. The van der Waals surface area contributed by atoms with Crippen molar-refractivity contribution in [2.45, 2.75) is 71.8 Å². The molecule has 2 aromatic carbocycles. The normalized spacial score (nSPS) is 23.7. The number of hydrogen-bond acceptors (Lipinski definition) is 11. The first-order valence-electron chi connectivity index (χ1n) is 13.6. The largest absolute Gasteiger partial charge is 0.463 e. The second-order valence-corrected chi connectivity index (χ2v) is 10.2. The van der Waals surface area contributed by atoms with Crippen molar-refractivity contribution in [3.8, 4) is 0 Å². The maximum absolute atomic E-state index is 13.7. The highest BCUT2D eigenvalue weighted by Crippen LogP contribution is 2.33. The summed E-state index contributed by atoms with van der Waals surface area (Å²) < 4.78 is 22.0. The summed E-state index contributed by atoms with van der Waals surface area (Å²) in [5.41, 5.74) is 2.93. The standard InChI is InChI=1S/C30H33N3O10/c1-16-11-12-23-22(13-16)25(29(38)33(23)14-21-9-7-6-8-10-21)32-43-30-26(31-17(2)34)28(41-20(5)37)27(40-19(4)36)24(42-30)15-39-18(3)35/h6-13,24,26-28,30H,14-15H2,1-5H3,(H,31,34)/b32-25-/t24-,26+,27-,28-,30+/m1/s1. The number of nitrogens with one attached hydrogen (secondary N) is 1. The first kappa shape index (κ1) is 31.2. The Hall–Kier alpha value is -4.78. The van der Waals surface area contributed by atoms with Gasteiger partial charge in [-0.1, -0.05) is 47.1 Å². The Kier molecular flexibility index (Phi) is 9.76. The first-order chi connectivity index (χ1) is 20.4. The number of rotatable bonds is 9. The van der Waals surface area contributed by atoms with Gasteiger partial charge in [0.25, 0.3) is 12.2 Å². The predicted octanol–water partition coefficient (Wildman–Crippen LogP) is 1.92. The van der Waals surface area contributed by atoms with E-state index in [0.717, 1.165) is 25.0 Å². The lowest BCUT2D eigenvalue weighted by atomic mass is 9.96. The summed E-state index contributed by atoms with van der Waals surface area (Å²) in [6.07, 6.45) is -5.26. The molecule has 0 unspecified atom stereocenters. The molecule has 2 heterocycles. The second-order valence-electron chi connectivity index (χ2n) is 10.2. The fraction of sp³-hybridized carbons (Fsp3) is 0.400. The van der Waals surface area contributed by atoms with Crippen LogP contribution in [0.15, 0.2) is 53.7 Å². The van der Waals surface area contributed by atoms with Crippen molar-refractivity contribution in [2.24, 2.45) is 5.16 Å². The summed E-state index contributed by atoms with van der Waals surface area (Å²) in [6, 6.07) is 13.7. The van der Waals surface area contributed by atoms with Gasteiger partial charge < -0.3 is 34.0 Å². The maximum Gasteiger partial charge on any atom is 0.303 e. The summed E-state index contributed by atoms with van der Waals surface area (Å²) in [5, 5.41) is 6.78. The van der Waals surface area contributed by atoms with Crippen LogP contribution in [0.5, 0.6) is 0 Å². The van der Waals surface area contributed by atoms with Crippen LogP contribution in [-0.4, -0.2) is 72.7 Å². The van der Waals surface area contributed by atoms with Crippen LogP contribution in [0.4, 0.5) is 5.69 Å². The van der Waals surface area contributed by atoms with Crippen LogP contribution in [0.25, 0.3) is 0 Å². The minimum absolute atomic E-state index is 0.0116. The van der Waals surface area contributed by atoms with Crippen molar-refractivity contribution in [3.63, 3.8) is 0 Å². The Morgan fingerprint density at radius 3 is 2.23 bits per heavy atom. The van der Waals surface area contributed by atoms with E-state index in [1.807, 2.05) is 49.4 Å². The van der Waals surface area contributed by atoms with E-state index in [4.69, 9.17) is 23.8 Å². The Morgan fingerprint density at radius 2 is 1.60 bits per heavy atom. The SMILES string of the molecule is CC(=O)N[C@@H]1[C@H](O/N=C2\C(=O)N(Cc3ccccc3)c3ccc(C)cc32)O[C@H](COC(C)=O)[C@@H](OC(C)=O)[C@@H]1OC(C)=O. The molecule has 2 amide bonds. The Bertz CT molecular complexity index is 1430. The number of oxime groups is 1. The molecule has 0 aliphatic carbocycles. The molecule has 0 radical (unpaired) electrons. The fourth-order valence-corrected chi connectivity index (χ4v) is 4.92. The molecular formula is C30H33N3O10. The molecule has 0 aromatic heterocycles. The van der Waals surface area contributed by atoms with Gasteiger partial charge in [0.05, 0.1) is 12.2 Å². The molecule has 2 aliphatic heterocycles. The first-order valence-corrected chi connectivity index (χ1v) is 13.6. The van der Waals surface area contributed by atoms with Crippen molar-refractivity contribution < 1.29 is 47.8 Å². The van der Waals surface area contributed by atoms with Crippen LogP contribution in [0.3, 0.4) is 0 Å². The van der Waals surface area contributed by atoms with E-state index in [2.05, 4.69) is 10.5 Å². The van der Waals surface area contributed by atoms with E-state index in [0.29, 0.717) is 11.3 Å². The predicted molar refractivity (Wildman–Crippen MR) is 150 cm³/mol. The molecule has 228 valence electrons. The minimum atomic E-state index is -1.46. The highest BCUT2D eigenvalue weighted by atomic mass is 16.8. The van der Waals surface area contributed by atoms with Crippen molar-refractivity contribution in [1.29, 1.82) is 0 Å². The quantitative estimate of drug-likeness (QED) is 0.258. The highest BCUT2D eigenvalue weighted by Gasteiger charge is 2.52. The lowest BCUT2D eigenvalue weighted by Gasteiger charge is -2.43. The molecule has 0 spiro atoms. The third-order valence-electron chi connectivity index (χ3n) is 6.65. The molecule has 1 fully saturated rings. The zero-order chi connectivity index (χ0) is 31.3. The average Bonchev–Trinajstić information content (AvgIpc) is 3.18. The van der Waals surface area contributed by atoms with Gasteiger partial charge in [0.1, 0.15) is 18.8 Å². The molecule has 1 saturated heterocycles. The van der Waals surface area contributed by atoms with Gasteiger partial charge in [0, 0.05) is 33.3 Å². The number of nitrogens with zero attached hydrogens (tertiary/aromatic N) is 2. The number of amides is 2. The Labute approximate surface area is 248 Å². The van der Waals surface area contributed by atoms with Gasteiger partial charge in [0.15, 0.2) is 17.9 Å². The summed E-state index contributed by atoms with van der Waals surface area (Å²) in [4.78, 5) is 68.9. The van der Waals surface area contributed by atoms with Gasteiger partial charge >= 0.3 is 17.9 Å². The molecule has 13 heteroatoms. The Morgan fingerprint density at radius 1 is 0.930 bits per heavy atom. The zero-order valence-corrected chi connectivity index (χ0v) is 24.4. The lowest BCUT2D eigenvalue weighted by molar-refractivity contribution is -0.278. The monoisotopic (exact) mass is 595 g/mol. The van der Waals surface area contributed by atoms with Crippen LogP contribution >= 0.6 is 0 Å². The molecule has 0 saturated carbocycles. The van der Waals surface area contributed by atoms with Crippen molar-refractivity contribution in [3.05, 3.63) is 65.2 Å². The molecule has 13 nitrogen and oxygen atoms in total. The fourth-order valence-electron chi connectivity index (χ4n) is 4.92. The molecule has 43 heavy (non-hydrogen) atoms. The number of ether oxygens (including phenoxy) is 4. The zero-order valence-electron chi connectivity index (χ0n) is 24.4. The van der Waals surface area contributed by atoms with E-state index in [9.17, 15) is 24.0 Å². The summed E-state index contributed by atoms with van der Waals surface area (Å²) in [6.45, 7) is 6.44. The molecule has 4 rings (SSSR count). The average molecular weight is 596 g/mol. The van der Waals surface area contributed by atoms with Crippen molar-refractivity contribution in [2.75, 3.05) is 11.5 Å². The second kappa shape index (κ2) is 13.5. The smallest absolute Gasteiger partial charge is 0.303 e. The molecule has 1 N–H and O–H groups in total. The number of anilines is 1. The van der Waals surface area contributed by atoms with Crippen LogP contribution in [-0.2, 0) is 54.3 Å². The van der Waals surface area contributed by atoms with E-state index >= 15 is 0 Å². The highest BCUT2D eigenvalue weighted by molar-refractivity contribution is 6.54. The van der Waals surface area contributed by atoms with Gasteiger partial charge in [-0.25, -0.2) is 0 Å². The van der Waals surface area contributed by atoms with Crippen LogP contribution in [0.2, 0.25) is 0 Å². The molecule has 2 aromatic rings. The van der Waals surface area contributed by atoms with E-state index in [1.54, 1.807) is 11.0 Å². The van der Waals surface area contributed by atoms with E-state index in [1.165, 1.54) is 13.8 Å². The minimum Gasteiger partial charge on any atom is -0.463 e. The topological polar surface area (TPSA) is 159 Å². The van der Waals surface area contributed by atoms with Gasteiger partial charge in [-0.15, -0.1) is 0 Å². The van der Waals surface area contributed by atoms with E-state index < -0.39 is 67.0 Å². The van der Waals surface area contributed by atoms with Crippen LogP contribution in [0, 0.1) is 6.92 Å². The number of benzene rings is 2. The van der Waals surface area contributed by atoms with Gasteiger partial charge in [0.2, 0.25) is 5.91 Å². The number of aryl methyl sites for hydroxylation is 1. The molecule has 0 bridgehead atoms. The summed E-state index contributed by atoms with van der Waals surface area (Å²) >= 11 is 0. The molecular weight excluding hydrogens is 562 g/mol. The van der Waals surface area contributed by atoms with E-state index in [-0.39, 0.29) is 12.3 Å². The van der Waals surface area contributed by atoms with Gasteiger partial charge in [-0.05, 0) is 24.6 Å². The third-order valence-corrected chi connectivity index (χ3v) is 6.65.